The first-order valence-corrected chi connectivity index (χ1v) is 8.07. The van der Waals surface area contributed by atoms with Gasteiger partial charge in [-0.2, -0.15) is 0 Å². The Bertz CT molecular complexity index is 277. The van der Waals surface area contributed by atoms with Crippen LogP contribution in [0.3, 0.4) is 0 Å². The molecule has 0 spiro atoms. The quantitative estimate of drug-likeness (QED) is 0.687. The zero-order valence-corrected chi connectivity index (χ0v) is 13.4. The van der Waals surface area contributed by atoms with Crippen LogP contribution in [0.25, 0.3) is 0 Å². The van der Waals surface area contributed by atoms with Gasteiger partial charge in [0.1, 0.15) is 0 Å². The Morgan fingerprint density at radius 3 is 2.30 bits per heavy atom. The van der Waals surface area contributed by atoms with Gasteiger partial charge in [0.15, 0.2) is 0 Å². The van der Waals surface area contributed by atoms with E-state index in [1.807, 2.05) is 0 Å². The molecule has 0 aromatic carbocycles. The Kier molecular flexibility index (Phi) is 8.11. The minimum Gasteiger partial charge on any atom is -0.356 e. The fourth-order valence-electron chi connectivity index (χ4n) is 2.71. The minimum atomic E-state index is 0.131. The number of amides is 1. The molecule has 1 aliphatic rings. The van der Waals surface area contributed by atoms with Gasteiger partial charge in [-0.25, -0.2) is 0 Å². The normalized spacial score (nSPS) is 20.6. The fraction of sp³-hybridized carbons (Fsp3) is 0.933. The highest BCUT2D eigenvalue weighted by atomic mass is 16.1. The van der Waals surface area contributed by atoms with Crippen LogP contribution >= 0.6 is 0 Å². The Hall–Kier alpha value is -0.650. The van der Waals surface area contributed by atoms with Crippen LogP contribution in [0.1, 0.15) is 40.0 Å². The molecular weight excluding hydrogens is 252 g/mol. The largest absolute Gasteiger partial charge is 0.356 e. The van der Waals surface area contributed by atoms with Gasteiger partial charge in [-0.05, 0) is 19.8 Å². The van der Waals surface area contributed by atoms with Crippen LogP contribution < -0.4 is 11.1 Å². The SMILES string of the molecule is CCCNC(=O)CC(CN)N1CCN(C(C)CC)CC1. The molecule has 1 amide bonds. The molecule has 2 unspecified atom stereocenters. The summed E-state index contributed by atoms with van der Waals surface area (Å²) in [5.74, 6) is 0.131. The molecule has 0 aromatic rings. The van der Waals surface area contributed by atoms with Crippen molar-refractivity contribution in [2.24, 2.45) is 5.73 Å². The number of carbonyl (C=O) groups is 1. The molecule has 0 bridgehead atoms. The molecule has 1 heterocycles. The van der Waals surface area contributed by atoms with Crippen LogP contribution in [-0.2, 0) is 4.79 Å². The number of hydrogen-bond acceptors (Lipinski definition) is 4. The Morgan fingerprint density at radius 1 is 1.20 bits per heavy atom. The third kappa shape index (κ3) is 5.38. The van der Waals surface area contributed by atoms with E-state index < -0.39 is 0 Å². The first-order chi connectivity index (χ1) is 9.62. The molecule has 1 fully saturated rings. The molecule has 5 nitrogen and oxygen atoms in total. The van der Waals surface area contributed by atoms with E-state index in [0.29, 0.717) is 19.0 Å². The van der Waals surface area contributed by atoms with Crippen LogP contribution in [0, 0.1) is 0 Å². The average molecular weight is 284 g/mol. The number of rotatable bonds is 8. The lowest BCUT2D eigenvalue weighted by Gasteiger charge is -2.41. The zero-order chi connectivity index (χ0) is 15.0. The van der Waals surface area contributed by atoms with Crippen molar-refractivity contribution in [2.45, 2.75) is 52.1 Å². The molecule has 0 aromatic heterocycles. The van der Waals surface area contributed by atoms with Crippen molar-refractivity contribution in [2.75, 3.05) is 39.3 Å². The molecule has 1 aliphatic heterocycles. The van der Waals surface area contributed by atoms with Gasteiger partial charge in [-0.1, -0.05) is 13.8 Å². The molecule has 3 N–H and O–H groups in total. The fourth-order valence-corrected chi connectivity index (χ4v) is 2.71. The Labute approximate surface area is 123 Å². The molecule has 118 valence electrons. The highest BCUT2D eigenvalue weighted by Gasteiger charge is 2.26. The Morgan fingerprint density at radius 2 is 1.80 bits per heavy atom. The summed E-state index contributed by atoms with van der Waals surface area (Å²) in [6.07, 6.45) is 2.70. The molecule has 5 heteroatoms. The summed E-state index contributed by atoms with van der Waals surface area (Å²) in [6, 6.07) is 0.840. The molecule has 0 aliphatic carbocycles. The predicted octanol–water partition coefficient (Wildman–Crippen LogP) is 0.646. The van der Waals surface area contributed by atoms with Crippen molar-refractivity contribution < 1.29 is 4.79 Å². The molecule has 0 radical (unpaired) electrons. The van der Waals surface area contributed by atoms with Crippen molar-refractivity contribution >= 4 is 5.91 Å². The number of nitrogens with one attached hydrogen (secondary N) is 1. The van der Waals surface area contributed by atoms with Crippen molar-refractivity contribution in [1.29, 1.82) is 0 Å². The molecule has 1 rings (SSSR count). The summed E-state index contributed by atoms with van der Waals surface area (Å²) in [7, 11) is 0. The number of nitrogens with two attached hydrogens (primary N) is 1. The lowest BCUT2D eigenvalue weighted by molar-refractivity contribution is -0.122. The van der Waals surface area contributed by atoms with Crippen LogP contribution in [0.4, 0.5) is 0 Å². The van der Waals surface area contributed by atoms with E-state index in [1.165, 1.54) is 6.42 Å². The zero-order valence-electron chi connectivity index (χ0n) is 13.4. The number of carbonyl (C=O) groups excluding carboxylic acids is 1. The first-order valence-electron chi connectivity index (χ1n) is 8.07. The van der Waals surface area contributed by atoms with Crippen LogP contribution in [0.15, 0.2) is 0 Å². The summed E-state index contributed by atoms with van der Waals surface area (Å²) >= 11 is 0. The van der Waals surface area contributed by atoms with Crippen LogP contribution in [-0.4, -0.2) is 67.1 Å². The monoisotopic (exact) mass is 284 g/mol. The van der Waals surface area contributed by atoms with Crippen molar-refractivity contribution in [1.82, 2.24) is 15.1 Å². The second-order valence-corrected chi connectivity index (χ2v) is 5.77. The van der Waals surface area contributed by atoms with Gasteiger partial charge in [-0.3, -0.25) is 14.6 Å². The summed E-state index contributed by atoms with van der Waals surface area (Å²) in [5, 5.41) is 2.94. The lowest BCUT2D eigenvalue weighted by atomic mass is 10.1. The van der Waals surface area contributed by atoms with Gasteiger partial charge in [-0.15, -0.1) is 0 Å². The third-order valence-electron chi connectivity index (χ3n) is 4.34. The number of piperazine rings is 1. The maximum absolute atomic E-state index is 11.8. The molecule has 20 heavy (non-hydrogen) atoms. The van der Waals surface area contributed by atoms with Gasteiger partial charge in [0, 0.05) is 57.8 Å². The first kappa shape index (κ1) is 17.4. The number of hydrogen-bond donors (Lipinski definition) is 2. The van der Waals surface area contributed by atoms with E-state index in [2.05, 4.69) is 35.9 Å². The van der Waals surface area contributed by atoms with E-state index in [4.69, 9.17) is 5.73 Å². The molecular formula is C15H32N4O. The van der Waals surface area contributed by atoms with Gasteiger partial charge < -0.3 is 11.1 Å². The smallest absolute Gasteiger partial charge is 0.221 e. The van der Waals surface area contributed by atoms with Crippen molar-refractivity contribution in [3.63, 3.8) is 0 Å². The van der Waals surface area contributed by atoms with E-state index in [9.17, 15) is 4.79 Å². The van der Waals surface area contributed by atoms with Gasteiger partial charge in [0.05, 0.1) is 0 Å². The van der Waals surface area contributed by atoms with Crippen LogP contribution in [0.5, 0.6) is 0 Å². The van der Waals surface area contributed by atoms with E-state index in [1.54, 1.807) is 0 Å². The third-order valence-corrected chi connectivity index (χ3v) is 4.34. The molecule has 2 atom stereocenters. The Balaban J connectivity index is 2.38. The summed E-state index contributed by atoms with van der Waals surface area (Å²) in [4.78, 5) is 16.7. The minimum absolute atomic E-state index is 0.131. The van der Waals surface area contributed by atoms with E-state index >= 15 is 0 Å². The highest BCUT2D eigenvalue weighted by Crippen LogP contribution is 2.12. The summed E-state index contributed by atoms with van der Waals surface area (Å²) in [5.41, 5.74) is 5.87. The highest BCUT2D eigenvalue weighted by molar-refractivity contribution is 5.76. The maximum Gasteiger partial charge on any atom is 0.221 e. The van der Waals surface area contributed by atoms with E-state index in [-0.39, 0.29) is 11.9 Å². The van der Waals surface area contributed by atoms with Crippen LogP contribution in [0.2, 0.25) is 0 Å². The second-order valence-electron chi connectivity index (χ2n) is 5.77. The van der Waals surface area contributed by atoms with Gasteiger partial charge >= 0.3 is 0 Å². The van der Waals surface area contributed by atoms with Crippen molar-refractivity contribution in [3.05, 3.63) is 0 Å². The maximum atomic E-state index is 11.8. The lowest BCUT2D eigenvalue weighted by Crippen LogP contribution is -2.55. The van der Waals surface area contributed by atoms with Crippen molar-refractivity contribution in [3.8, 4) is 0 Å². The standard InChI is InChI=1S/C15H32N4O/c1-4-6-17-15(20)11-14(12-16)19-9-7-18(8-10-19)13(3)5-2/h13-14H,4-12,16H2,1-3H3,(H,17,20). The summed E-state index contributed by atoms with van der Waals surface area (Å²) < 4.78 is 0. The average Bonchev–Trinajstić information content (AvgIpc) is 2.50. The molecule has 1 saturated heterocycles. The molecule has 0 saturated carbocycles. The van der Waals surface area contributed by atoms with Gasteiger partial charge in [0.2, 0.25) is 5.91 Å². The second kappa shape index (κ2) is 9.32. The van der Waals surface area contributed by atoms with Gasteiger partial charge in [0.25, 0.3) is 0 Å². The number of nitrogens with zero attached hydrogens (tertiary/aromatic N) is 2. The van der Waals surface area contributed by atoms with E-state index in [0.717, 1.165) is 39.1 Å². The summed E-state index contributed by atoms with van der Waals surface area (Å²) in [6.45, 7) is 12.1. The topological polar surface area (TPSA) is 61.6 Å². The predicted molar refractivity (Wildman–Crippen MR) is 83.7 cm³/mol.